The number of Topliss-reactive ketones (excluding diaryl/α,β-unsaturated/α-hetero) is 1. The summed E-state index contributed by atoms with van der Waals surface area (Å²) < 4.78 is 4.28. The van der Waals surface area contributed by atoms with Crippen molar-refractivity contribution in [1.29, 1.82) is 0 Å². The van der Waals surface area contributed by atoms with Crippen molar-refractivity contribution in [3.63, 3.8) is 0 Å². The van der Waals surface area contributed by atoms with Crippen LogP contribution >= 0.6 is 0 Å². The van der Waals surface area contributed by atoms with Gasteiger partial charge in [-0.05, 0) is 6.92 Å². The average molecular weight is 192 g/mol. The van der Waals surface area contributed by atoms with Crippen LogP contribution in [-0.2, 0) is 14.3 Å². The van der Waals surface area contributed by atoms with E-state index in [1.165, 1.54) is 6.92 Å². The van der Waals surface area contributed by atoms with Crippen molar-refractivity contribution in [2.24, 2.45) is 0 Å². The number of hydrogen-bond donors (Lipinski definition) is 3. The molecule has 0 aliphatic rings. The maximum atomic E-state index is 10.8. The fourth-order valence-electron chi connectivity index (χ4n) is 0.598. The van der Waals surface area contributed by atoms with Gasteiger partial charge in [0.1, 0.15) is 6.10 Å². The Morgan fingerprint density at radius 2 is 1.92 bits per heavy atom. The van der Waals surface area contributed by atoms with Crippen LogP contribution in [0.5, 0.6) is 0 Å². The van der Waals surface area contributed by atoms with Gasteiger partial charge in [-0.15, -0.1) is 0 Å². The summed E-state index contributed by atoms with van der Waals surface area (Å²) in [5.41, 5.74) is 0. The summed E-state index contributed by atoms with van der Waals surface area (Å²) in [6.45, 7) is 0.707. The Morgan fingerprint density at radius 3 is 2.31 bits per heavy atom. The van der Waals surface area contributed by atoms with E-state index < -0.39 is 30.6 Å². The van der Waals surface area contributed by atoms with Gasteiger partial charge in [0.25, 0.3) is 5.78 Å². The van der Waals surface area contributed by atoms with Gasteiger partial charge in [0.15, 0.2) is 6.10 Å². The summed E-state index contributed by atoms with van der Waals surface area (Å²) in [5, 5.41) is 26.1. The summed E-state index contributed by atoms with van der Waals surface area (Å²) in [5.74, 6) is -2.48. The van der Waals surface area contributed by atoms with Crippen molar-refractivity contribution >= 4 is 11.8 Å². The second-order valence-corrected chi connectivity index (χ2v) is 2.28. The lowest BCUT2D eigenvalue weighted by molar-refractivity contribution is -0.160. The minimum atomic E-state index is -1.93. The predicted molar refractivity (Wildman–Crippen MR) is 40.7 cm³/mol. The van der Waals surface area contributed by atoms with Crippen LogP contribution in [0.15, 0.2) is 0 Å². The zero-order chi connectivity index (χ0) is 10.4. The van der Waals surface area contributed by atoms with Gasteiger partial charge in [0.2, 0.25) is 0 Å². The van der Waals surface area contributed by atoms with Crippen molar-refractivity contribution in [3.8, 4) is 0 Å². The molecule has 0 amide bonds. The molecule has 0 bridgehead atoms. The highest BCUT2D eigenvalue weighted by atomic mass is 16.5. The number of esters is 1. The van der Waals surface area contributed by atoms with Gasteiger partial charge in [-0.2, -0.15) is 0 Å². The lowest BCUT2D eigenvalue weighted by Gasteiger charge is -2.12. The summed E-state index contributed by atoms with van der Waals surface area (Å²) in [6.07, 6.45) is -3.58. The van der Waals surface area contributed by atoms with Crippen molar-refractivity contribution in [1.82, 2.24) is 0 Å². The van der Waals surface area contributed by atoms with E-state index in [9.17, 15) is 9.59 Å². The van der Waals surface area contributed by atoms with Crippen LogP contribution in [0.4, 0.5) is 0 Å². The zero-order valence-electron chi connectivity index (χ0n) is 7.14. The Hall–Kier alpha value is -0.980. The Bertz CT molecular complexity index is 189. The van der Waals surface area contributed by atoms with Crippen LogP contribution in [0.25, 0.3) is 0 Å². The van der Waals surface area contributed by atoms with Crippen molar-refractivity contribution in [2.45, 2.75) is 19.1 Å². The molecule has 0 saturated heterocycles. The molecule has 0 aromatic rings. The fraction of sp³-hybridized carbons (Fsp3) is 0.714. The molecule has 2 atom stereocenters. The Labute approximate surface area is 74.7 Å². The number of carbonyl (C=O) groups excluding carboxylic acids is 2. The molecule has 0 fully saturated rings. The third-order valence-corrected chi connectivity index (χ3v) is 1.30. The molecule has 0 spiro atoms. The topological polar surface area (TPSA) is 104 Å². The molecule has 0 radical (unpaired) electrons. The van der Waals surface area contributed by atoms with Gasteiger partial charge in [0.05, 0.1) is 13.2 Å². The molecule has 6 heteroatoms. The highest BCUT2D eigenvalue weighted by Gasteiger charge is 2.30. The minimum absolute atomic E-state index is 0.00646. The van der Waals surface area contributed by atoms with Gasteiger partial charge < -0.3 is 20.1 Å². The van der Waals surface area contributed by atoms with Crippen LogP contribution in [-0.4, -0.2) is 52.5 Å². The second-order valence-electron chi connectivity index (χ2n) is 2.28. The van der Waals surface area contributed by atoms with E-state index in [-0.39, 0.29) is 6.61 Å². The molecule has 0 saturated carbocycles. The molecule has 0 unspecified atom stereocenters. The molecular formula is C7H12O6. The number of carbonyl (C=O) groups is 2. The van der Waals surface area contributed by atoms with Gasteiger partial charge in [-0.1, -0.05) is 0 Å². The molecule has 0 aromatic carbocycles. The number of hydrogen-bond acceptors (Lipinski definition) is 6. The number of rotatable bonds is 5. The van der Waals surface area contributed by atoms with Crippen molar-refractivity contribution in [3.05, 3.63) is 0 Å². The standard InChI is InChI=1S/C7H12O6/c1-2-13-7(12)6(11)5(10)4(9)3-8/h4-5,8-10H,2-3H2,1H3/t4-,5+/m0/s1. The monoisotopic (exact) mass is 192 g/mol. The Kier molecular flexibility index (Phi) is 5.20. The summed E-state index contributed by atoms with van der Waals surface area (Å²) in [7, 11) is 0. The predicted octanol–water partition coefficient (Wildman–Crippen LogP) is -2.17. The van der Waals surface area contributed by atoms with Gasteiger partial charge in [-0.3, -0.25) is 4.79 Å². The quantitative estimate of drug-likeness (QED) is 0.338. The van der Waals surface area contributed by atoms with E-state index in [4.69, 9.17) is 15.3 Å². The fourth-order valence-corrected chi connectivity index (χ4v) is 0.598. The summed E-state index contributed by atoms with van der Waals surface area (Å²) in [6, 6.07) is 0. The molecule has 0 aliphatic carbocycles. The molecule has 6 nitrogen and oxygen atoms in total. The first kappa shape index (κ1) is 12.0. The highest BCUT2D eigenvalue weighted by Crippen LogP contribution is 1.96. The van der Waals surface area contributed by atoms with E-state index in [0.29, 0.717) is 0 Å². The average Bonchev–Trinajstić information content (AvgIpc) is 2.14. The molecule has 0 aliphatic heterocycles. The number of ketones is 1. The maximum Gasteiger partial charge on any atom is 0.377 e. The Balaban J connectivity index is 4.17. The van der Waals surface area contributed by atoms with Crippen LogP contribution in [0.2, 0.25) is 0 Å². The van der Waals surface area contributed by atoms with Gasteiger partial charge >= 0.3 is 5.97 Å². The third-order valence-electron chi connectivity index (χ3n) is 1.30. The lowest BCUT2D eigenvalue weighted by atomic mass is 10.1. The molecular weight excluding hydrogens is 180 g/mol. The number of ether oxygens (including phenoxy) is 1. The normalized spacial score (nSPS) is 14.8. The molecule has 0 heterocycles. The molecule has 3 N–H and O–H groups in total. The minimum Gasteiger partial charge on any atom is -0.460 e. The molecule has 76 valence electrons. The first-order chi connectivity index (χ1) is 6.04. The van der Waals surface area contributed by atoms with Crippen LogP contribution in [0.1, 0.15) is 6.92 Å². The summed E-state index contributed by atoms with van der Waals surface area (Å²) in [4.78, 5) is 21.5. The largest absolute Gasteiger partial charge is 0.460 e. The summed E-state index contributed by atoms with van der Waals surface area (Å²) >= 11 is 0. The smallest absolute Gasteiger partial charge is 0.377 e. The van der Waals surface area contributed by atoms with Crippen molar-refractivity contribution < 1.29 is 29.6 Å². The number of aliphatic hydroxyl groups is 3. The highest BCUT2D eigenvalue weighted by molar-refractivity contribution is 6.35. The van der Waals surface area contributed by atoms with E-state index in [0.717, 1.165) is 0 Å². The SMILES string of the molecule is CCOC(=O)C(=O)[C@H](O)[C@@H](O)CO. The number of aliphatic hydroxyl groups excluding tert-OH is 3. The van der Waals surface area contributed by atoms with Crippen LogP contribution in [0.3, 0.4) is 0 Å². The van der Waals surface area contributed by atoms with Crippen LogP contribution in [0, 0.1) is 0 Å². The third kappa shape index (κ3) is 3.49. The van der Waals surface area contributed by atoms with E-state index >= 15 is 0 Å². The maximum absolute atomic E-state index is 10.8. The van der Waals surface area contributed by atoms with E-state index in [1.54, 1.807) is 0 Å². The van der Waals surface area contributed by atoms with Gasteiger partial charge in [-0.25, -0.2) is 4.79 Å². The molecule has 0 aromatic heterocycles. The lowest BCUT2D eigenvalue weighted by Crippen LogP contribution is -2.40. The molecule has 0 rings (SSSR count). The first-order valence-electron chi connectivity index (χ1n) is 3.72. The van der Waals surface area contributed by atoms with Crippen LogP contribution < -0.4 is 0 Å². The first-order valence-corrected chi connectivity index (χ1v) is 3.72. The Morgan fingerprint density at radius 1 is 1.38 bits per heavy atom. The van der Waals surface area contributed by atoms with E-state index in [2.05, 4.69) is 4.74 Å². The molecule has 13 heavy (non-hydrogen) atoms. The second kappa shape index (κ2) is 5.63. The van der Waals surface area contributed by atoms with Crippen molar-refractivity contribution in [2.75, 3.05) is 13.2 Å². The zero-order valence-corrected chi connectivity index (χ0v) is 7.14. The van der Waals surface area contributed by atoms with E-state index in [1.807, 2.05) is 0 Å². The van der Waals surface area contributed by atoms with Gasteiger partial charge in [0, 0.05) is 0 Å².